The summed E-state index contributed by atoms with van der Waals surface area (Å²) in [5.41, 5.74) is 4.78. The summed E-state index contributed by atoms with van der Waals surface area (Å²) in [5.74, 6) is 0. The summed E-state index contributed by atoms with van der Waals surface area (Å²) >= 11 is 22.1. The summed E-state index contributed by atoms with van der Waals surface area (Å²) in [4.78, 5) is 0. The molecule has 0 aliphatic rings. The fraction of sp³-hybridized carbons (Fsp3) is 0.143. The Morgan fingerprint density at radius 3 is 1.08 bits per heavy atom. The first-order chi connectivity index (χ1) is 17.3. The summed E-state index contributed by atoms with van der Waals surface area (Å²) < 4.78 is 6.26. The number of benzene rings is 4. The molecular formula is C28H22Br6N2. The zero-order valence-corrected chi connectivity index (χ0v) is 28.4. The van der Waals surface area contributed by atoms with E-state index in [-0.39, 0.29) is 12.1 Å². The van der Waals surface area contributed by atoms with Crippen molar-refractivity contribution in [2.45, 2.75) is 25.2 Å². The Morgan fingerprint density at radius 2 is 0.778 bits per heavy atom. The van der Waals surface area contributed by atoms with Gasteiger partial charge in [-0.1, -0.05) is 156 Å². The average Bonchev–Trinajstić information content (AvgIpc) is 2.84. The highest BCUT2D eigenvalue weighted by atomic mass is 79.9. The highest BCUT2D eigenvalue weighted by molar-refractivity contribution is 9.12. The number of hydrogen-bond acceptors (Lipinski definition) is 2. The predicted octanol–water partition coefficient (Wildman–Crippen LogP) is 10.6. The fourth-order valence-electron chi connectivity index (χ4n) is 4.08. The van der Waals surface area contributed by atoms with Gasteiger partial charge in [-0.05, 0) is 46.5 Å². The SMILES string of the molecule is Brc1cc(Br)c(CN[C@@H](c2ccccc2)[C@@H](NCc2c(Br)cc(Br)cc2Br)c2ccccc2)c(Br)c1. The third-order valence-electron chi connectivity index (χ3n) is 5.86. The topological polar surface area (TPSA) is 24.1 Å². The third kappa shape index (κ3) is 7.41. The molecule has 4 aromatic carbocycles. The molecule has 0 aliphatic heterocycles. The van der Waals surface area contributed by atoms with Crippen molar-refractivity contribution in [3.8, 4) is 0 Å². The summed E-state index contributed by atoms with van der Waals surface area (Å²) in [6.45, 7) is 1.37. The molecule has 0 unspecified atom stereocenters. The van der Waals surface area contributed by atoms with Gasteiger partial charge < -0.3 is 10.6 Å². The second-order valence-corrected chi connectivity index (χ2v) is 13.5. The third-order valence-corrected chi connectivity index (χ3v) is 9.61. The van der Waals surface area contributed by atoms with E-state index >= 15 is 0 Å². The van der Waals surface area contributed by atoms with E-state index in [1.807, 2.05) is 0 Å². The van der Waals surface area contributed by atoms with Crippen LogP contribution in [0.2, 0.25) is 0 Å². The minimum absolute atomic E-state index is 0.0176. The van der Waals surface area contributed by atoms with Crippen LogP contribution in [0.4, 0.5) is 0 Å². The van der Waals surface area contributed by atoms with E-state index in [9.17, 15) is 0 Å². The number of rotatable bonds is 9. The zero-order valence-electron chi connectivity index (χ0n) is 18.9. The largest absolute Gasteiger partial charge is 0.304 e. The minimum atomic E-state index is 0.0176. The lowest BCUT2D eigenvalue weighted by Gasteiger charge is -2.31. The van der Waals surface area contributed by atoms with Gasteiger partial charge in [-0.2, -0.15) is 0 Å². The summed E-state index contributed by atoms with van der Waals surface area (Å²) in [6.07, 6.45) is 0. The van der Waals surface area contributed by atoms with Crippen LogP contribution in [0.1, 0.15) is 34.3 Å². The molecule has 36 heavy (non-hydrogen) atoms. The van der Waals surface area contributed by atoms with Crippen LogP contribution in [0.15, 0.2) is 112 Å². The maximum absolute atomic E-state index is 3.86. The van der Waals surface area contributed by atoms with Crippen LogP contribution in [0.25, 0.3) is 0 Å². The number of halogens is 6. The van der Waals surface area contributed by atoms with Crippen LogP contribution >= 0.6 is 95.6 Å². The molecule has 4 aromatic rings. The number of hydrogen-bond donors (Lipinski definition) is 2. The molecule has 0 aliphatic carbocycles. The van der Waals surface area contributed by atoms with Gasteiger partial charge in [0.2, 0.25) is 0 Å². The van der Waals surface area contributed by atoms with Crippen molar-refractivity contribution in [2.75, 3.05) is 0 Å². The minimum Gasteiger partial charge on any atom is -0.304 e. The molecule has 2 N–H and O–H groups in total. The van der Waals surface area contributed by atoms with Crippen molar-refractivity contribution in [3.05, 3.63) is 134 Å². The summed E-state index contributed by atoms with van der Waals surface area (Å²) in [6, 6.07) is 29.6. The van der Waals surface area contributed by atoms with Gasteiger partial charge in [-0.25, -0.2) is 0 Å². The van der Waals surface area contributed by atoms with Crippen molar-refractivity contribution in [2.24, 2.45) is 0 Å². The van der Waals surface area contributed by atoms with Crippen LogP contribution in [0.5, 0.6) is 0 Å². The normalized spacial score (nSPS) is 12.9. The van der Waals surface area contributed by atoms with Gasteiger partial charge in [0.1, 0.15) is 0 Å². The second-order valence-electron chi connectivity index (χ2n) is 8.23. The molecule has 8 heteroatoms. The lowest BCUT2D eigenvalue weighted by molar-refractivity contribution is 0.380. The summed E-state index contributed by atoms with van der Waals surface area (Å²) in [5, 5.41) is 7.72. The molecule has 0 bridgehead atoms. The molecule has 0 saturated heterocycles. The Bertz CT molecular complexity index is 1170. The molecule has 0 saturated carbocycles. The molecule has 186 valence electrons. The maximum Gasteiger partial charge on any atom is 0.0521 e. The molecule has 0 heterocycles. The molecule has 4 rings (SSSR count). The average molecular weight is 866 g/mol. The Balaban J connectivity index is 1.70. The van der Waals surface area contributed by atoms with Crippen LogP contribution in [-0.4, -0.2) is 0 Å². The van der Waals surface area contributed by atoms with Gasteiger partial charge in [0.15, 0.2) is 0 Å². The predicted molar refractivity (Wildman–Crippen MR) is 171 cm³/mol. The molecule has 0 fully saturated rings. The van der Waals surface area contributed by atoms with Gasteiger partial charge in [0.05, 0.1) is 12.1 Å². The van der Waals surface area contributed by atoms with Gasteiger partial charge >= 0.3 is 0 Å². The van der Waals surface area contributed by atoms with E-state index in [1.54, 1.807) is 0 Å². The Hall–Kier alpha value is -0.320. The van der Waals surface area contributed by atoms with E-state index in [0.717, 1.165) is 26.8 Å². The Morgan fingerprint density at radius 1 is 0.472 bits per heavy atom. The first-order valence-corrected chi connectivity index (χ1v) is 15.9. The lowest BCUT2D eigenvalue weighted by Crippen LogP contribution is -2.35. The zero-order chi connectivity index (χ0) is 25.7. The standard InChI is InChI=1S/C28H22Br6N2/c29-19-11-23(31)21(24(32)12-19)15-35-27(17-7-3-1-4-8-17)28(18-9-5-2-6-10-18)36-16-22-25(33)13-20(30)14-26(22)34/h1-14,27-28,35-36H,15-16H2/t27-,28-/m0/s1. The Labute approximate surface area is 262 Å². The molecule has 0 radical (unpaired) electrons. The first-order valence-electron chi connectivity index (χ1n) is 11.2. The summed E-state index contributed by atoms with van der Waals surface area (Å²) in [7, 11) is 0. The second kappa shape index (κ2) is 13.7. The van der Waals surface area contributed by atoms with Crippen LogP contribution < -0.4 is 10.6 Å². The van der Waals surface area contributed by atoms with E-state index < -0.39 is 0 Å². The van der Waals surface area contributed by atoms with Gasteiger partial charge in [-0.3, -0.25) is 0 Å². The van der Waals surface area contributed by atoms with Crippen molar-refractivity contribution in [1.82, 2.24) is 10.6 Å². The molecule has 0 spiro atoms. The van der Waals surface area contributed by atoms with Gasteiger partial charge in [-0.15, -0.1) is 0 Å². The highest BCUT2D eigenvalue weighted by Crippen LogP contribution is 2.35. The van der Waals surface area contributed by atoms with E-state index in [0.29, 0.717) is 13.1 Å². The van der Waals surface area contributed by atoms with Crippen molar-refractivity contribution >= 4 is 95.6 Å². The molecule has 2 nitrogen and oxygen atoms in total. The van der Waals surface area contributed by atoms with E-state index in [2.05, 4.69) is 191 Å². The molecular weight excluding hydrogens is 844 g/mol. The van der Waals surface area contributed by atoms with Crippen molar-refractivity contribution in [3.63, 3.8) is 0 Å². The monoisotopic (exact) mass is 860 g/mol. The van der Waals surface area contributed by atoms with Crippen LogP contribution in [0.3, 0.4) is 0 Å². The van der Waals surface area contributed by atoms with E-state index in [4.69, 9.17) is 0 Å². The fourth-order valence-corrected chi connectivity index (χ4v) is 9.16. The number of nitrogens with one attached hydrogen (secondary N) is 2. The van der Waals surface area contributed by atoms with Crippen molar-refractivity contribution in [1.29, 1.82) is 0 Å². The maximum atomic E-state index is 3.86. The lowest BCUT2D eigenvalue weighted by atomic mass is 9.92. The smallest absolute Gasteiger partial charge is 0.0521 e. The molecule has 0 amide bonds. The highest BCUT2D eigenvalue weighted by Gasteiger charge is 2.25. The van der Waals surface area contributed by atoms with Gasteiger partial charge in [0, 0.05) is 39.9 Å². The first kappa shape index (κ1) is 28.7. The van der Waals surface area contributed by atoms with Crippen molar-refractivity contribution < 1.29 is 0 Å². The van der Waals surface area contributed by atoms with Gasteiger partial charge in [0.25, 0.3) is 0 Å². The molecule has 0 aromatic heterocycles. The Kier molecular flexibility index (Phi) is 10.9. The van der Waals surface area contributed by atoms with Crippen LogP contribution in [-0.2, 0) is 13.1 Å². The molecule has 2 atom stereocenters. The van der Waals surface area contributed by atoms with E-state index in [1.165, 1.54) is 22.3 Å². The van der Waals surface area contributed by atoms with Crippen LogP contribution in [0, 0.1) is 0 Å². The quantitative estimate of drug-likeness (QED) is 0.175.